The number of carbonyl (C=O) groups is 1. The molecule has 0 unspecified atom stereocenters. The normalized spacial score (nSPS) is 10.9. The zero-order valence-electron chi connectivity index (χ0n) is 17.6. The number of benzene rings is 1. The maximum atomic E-state index is 12.4. The lowest BCUT2D eigenvalue weighted by molar-refractivity contribution is 0.0827. The number of pyridine rings is 2. The minimum Gasteiger partial charge on any atom is -0.496 e. The summed E-state index contributed by atoms with van der Waals surface area (Å²) in [6.45, 7) is 2.12. The van der Waals surface area contributed by atoms with Crippen molar-refractivity contribution in [3.63, 3.8) is 0 Å². The minimum atomic E-state index is -0.0761. The molecule has 3 aromatic heterocycles. The number of aryl methyl sites for hydroxylation is 1. The van der Waals surface area contributed by atoms with Crippen LogP contribution in [0.3, 0.4) is 0 Å². The van der Waals surface area contributed by atoms with Gasteiger partial charge in [0.15, 0.2) is 0 Å². The Balaban J connectivity index is 1.94. The van der Waals surface area contributed by atoms with Crippen molar-refractivity contribution >= 4 is 16.9 Å². The summed E-state index contributed by atoms with van der Waals surface area (Å²) in [7, 11) is 5.15. The minimum absolute atomic E-state index is 0.0761. The second-order valence-electron chi connectivity index (χ2n) is 7.29. The zero-order chi connectivity index (χ0) is 21.3. The standard InChI is InChI=1S/C24H24N4O2/c1-5-17-19(15-10-16(12-25-11-15)24(29)28(2)3)13-26-23-22(17)20(14-27-23)18-8-6-7-9-21(18)30-4/h6-14H,5H2,1-4H3,(H,26,27). The molecule has 4 rings (SSSR count). The van der Waals surface area contributed by atoms with Crippen LogP contribution in [0.5, 0.6) is 5.75 Å². The third kappa shape index (κ3) is 3.30. The molecular formula is C24H24N4O2. The van der Waals surface area contributed by atoms with E-state index in [1.54, 1.807) is 38.5 Å². The Morgan fingerprint density at radius 3 is 2.63 bits per heavy atom. The quantitative estimate of drug-likeness (QED) is 0.533. The first-order valence-electron chi connectivity index (χ1n) is 9.84. The van der Waals surface area contributed by atoms with E-state index in [9.17, 15) is 4.79 Å². The van der Waals surface area contributed by atoms with E-state index in [4.69, 9.17) is 4.74 Å². The summed E-state index contributed by atoms with van der Waals surface area (Å²) in [5.41, 5.74) is 6.43. The molecule has 0 saturated carbocycles. The molecule has 0 aliphatic rings. The highest BCUT2D eigenvalue weighted by atomic mass is 16.5. The fourth-order valence-corrected chi connectivity index (χ4v) is 3.82. The van der Waals surface area contributed by atoms with Crippen LogP contribution in [-0.2, 0) is 6.42 Å². The van der Waals surface area contributed by atoms with E-state index in [-0.39, 0.29) is 5.91 Å². The predicted molar refractivity (Wildman–Crippen MR) is 119 cm³/mol. The fourth-order valence-electron chi connectivity index (χ4n) is 3.82. The predicted octanol–water partition coefficient (Wildman–Crippen LogP) is 4.56. The third-order valence-electron chi connectivity index (χ3n) is 5.26. The Morgan fingerprint density at radius 1 is 1.10 bits per heavy atom. The molecule has 0 atom stereocenters. The van der Waals surface area contributed by atoms with Crippen LogP contribution in [0.2, 0.25) is 0 Å². The fraction of sp³-hybridized carbons (Fsp3) is 0.208. The maximum Gasteiger partial charge on any atom is 0.254 e. The smallest absolute Gasteiger partial charge is 0.254 e. The van der Waals surface area contributed by atoms with Crippen LogP contribution in [0.1, 0.15) is 22.8 Å². The second kappa shape index (κ2) is 7.99. The number of nitrogens with zero attached hydrogens (tertiary/aromatic N) is 3. The lowest BCUT2D eigenvalue weighted by atomic mass is 9.94. The number of rotatable bonds is 5. The highest BCUT2D eigenvalue weighted by Crippen LogP contribution is 2.39. The Bertz CT molecular complexity index is 1230. The van der Waals surface area contributed by atoms with Gasteiger partial charge in [-0.25, -0.2) is 4.98 Å². The molecule has 0 bridgehead atoms. The molecule has 1 N–H and O–H groups in total. The summed E-state index contributed by atoms with van der Waals surface area (Å²) in [6, 6.07) is 9.84. The summed E-state index contributed by atoms with van der Waals surface area (Å²) < 4.78 is 5.58. The van der Waals surface area contributed by atoms with E-state index < -0.39 is 0 Å². The van der Waals surface area contributed by atoms with Gasteiger partial charge in [-0.2, -0.15) is 0 Å². The van der Waals surface area contributed by atoms with Gasteiger partial charge in [-0.1, -0.05) is 25.1 Å². The maximum absolute atomic E-state index is 12.4. The van der Waals surface area contributed by atoms with Gasteiger partial charge in [0, 0.05) is 66.5 Å². The van der Waals surface area contributed by atoms with E-state index >= 15 is 0 Å². The topological polar surface area (TPSA) is 71.1 Å². The van der Waals surface area contributed by atoms with Gasteiger partial charge in [0.2, 0.25) is 0 Å². The van der Waals surface area contributed by atoms with Crippen molar-refractivity contribution in [2.75, 3.05) is 21.2 Å². The molecule has 1 amide bonds. The molecule has 6 nitrogen and oxygen atoms in total. The summed E-state index contributed by atoms with van der Waals surface area (Å²) in [5, 5.41) is 1.06. The largest absolute Gasteiger partial charge is 0.496 e. The first kappa shape index (κ1) is 19.6. The Labute approximate surface area is 175 Å². The summed E-state index contributed by atoms with van der Waals surface area (Å²) in [4.78, 5) is 26.2. The Kier molecular flexibility index (Phi) is 5.23. The van der Waals surface area contributed by atoms with Gasteiger partial charge >= 0.3 is 0 Å². The highest BCUT2D eigenvalue weighted by Gasteiger charge is 2.18. The number of carbonyl (C=O) groups excluding carboxylic acids is 1. The van der Waals surface area contributed by atoms with Gasteiger partial charge in [-0.3, -0.25) is 9.78 Å². The molecule has 0 spiro atoms. The molecule has 0 fully saturated rings. The summed E-state index contributed by atoms with van der Waals surface area (Å²) in [6.07, 6.45) is 8.01. The van der Waals surface area contributed by atoms with Crippen molar-refractivity contribution in [3.8, 4) is 28.0 Å². The number of aromatic amines is 1. The number of para-hydroxylation sites is 1. The van der Waals surface area contributed by atoms with Crippen LogP contribution in [0, 0.1) is 0 Å². The van der Waals surface area contributed by atoms with Crippen molar-refractivity contribution in [1.29, 1.82) is 0 Å². The van der Waals surface area contributed by atoms with Crippen LogP contribution in [0.25, 0.3) is 33.3 Å². The van der Waals surface area contributed by atoms with E-state index in [0.29, 0.717) is 5.56 Å². The zero-order valence-corrected chi connectivity index (χ0v) is 17.6. The lowest BCUT2D eigenvalue weighted by Crippen LogP contribution is -2.21. The van der Waals surface area contributed by atoms with E-state index in [0.717, 1.165) is 51.0 Å². The van der Waals surface area contributed by atoms with Crippen molar-refractivity contribution in [2.45, 2.75) is 13.3 Å². The Morgan fingerprint density at radius 2 is 1.90 bits per heavy atom. The van der Waals surface area contributed by atoms with Gasteiger partial charge in [-0.05, 0) is 24.1 Å². The van der Waals surface area contributed by atoms with Crippen LogP contribution >= 0.6 is 0 Å². The summed E-state index contributed by atoms with van der Waals surface area (Å²) in [5.74, 6) is 0.735. The van der Waals surface area contributed by atoms with Crippen molar-refractivity contribution in [2.24, 2.45) is 0 Å². The number of hydrogen-bond donors (Lipinski definition) is 1. The average molecular weight is 400 g/mol. The van der Waals surface area contributed by atoms with Gasteiger partial charge in [-0.15, -0.1) is 0 Å². The van der Waals surface area contributed by atoms with E-state index in [2.05, 4.69) is 21.9 Å². The average Bonchev–Trinajstić information content (AvgIpc) is 3.22. The third-order valence-corrected chi connectivity index (χ3v) is 5.26. The number of nitrogens with one attached hydrogen (secondary N) is 1. The number of H-pyrrole nitrogens is 1. The van der Waals surface area contributed by atoms with Crippen LogP contribution < -0.4 is 4.74 Å². The van der Waals surface area contributed by atoms with Crippen LogP contribution in [-0.4, -0.2) is 47.0 Å². The lowest BCUT2D eigenvalue weighted by Gasteiger charge is -2.14. The van der Waals surface area contributed by atoms with Crippen molar-refractivity contribution < 1.29 is 9.53 Å². The molecule has 4 aromatic rings. The van der Waals surface area contributed by atoms with E-state index in [1.807, 2.05) is 42.7 Å². The SMILES string of the molecule is CCc1c(-c2cncc(C(=O)N(C)C)c2)cnc2[nH]cc(-c3ccccc3OC)c12. The molecule has 0 aliphatic heterocycles. The van der Waals surface area contributed by atoms with Gasteiger partial charge < -0.3 is 14.6 Å². The number of aromatic nitrogens is 3. The number of methoxy groups -OCH3 is 1. The van der Waals surface area contributed by atoms with E-state index in [1.165, 1.54) is 0 Å². The summed E-state index contributed by atoms with van der Waals surface area (Å²) >= 11 is 0. The number of amides is 1. The molecule has 3 heterocycles. The molecule has 0 radical (unpaired) electrons. The number of hydrogen-bond acceptors (Lipinski definition) is 4. The number of ether oxygens (including phenoxy) is 1. The van der Waals surface area contributed by atoms with Gasteiger partial charge in [0.1, 0.15) is 11.4 Å². The van der Waals surface area contributed by atoms with Gasteiger partial charge in [0.05, 0.1) is 12.7 Å². The second-order valence-corrected chi connectivity index (χ2v) is 7.29. The molecule has 6 heteroatoms. The van der Waals surface area contributed by atoms with Crippen LogP contribution in [0.4, 0.5) is 0 Å². The van der Waals surface area contributed by atoms with Crippen molar-refractivity contribution in [3.05, 3.63) is 66.2 Å². The monoisotopic (exact) mass is 400 g/mol. The highest BCUT2D eigenvalue weighted by molar-refractivity contribution is 6.01. The number of fused-ring (bicyclic) bond motifs is 1. The first-order valence-corrected chi connectivity index (χ1v) is 9.84. The van der Waals surface area contributed by atoms with Crippen LogP contribution in [0.15, 0.2) is 55.1 Å². The first-order chi connectivity index (χ1) is 14.5. The van der Waals surface area contributed by atoms with Crippen molar-refractivity contribution in [1.82, 2.24) is 19.9 Å². The Hall–Kier alpha value is -3.67. The molecule has 30 heavy (non-hydrogen) atoms. The molecule has 0 saturated heterocycles. The molecular weight excluding hydrogens is 376 g/mol. The molecule has 0 aliphatic carbocycles. The van der Waals surface area contributed by atoms with Gasteiger partial charge in [0.25, 0.3) is 5.91 Å². The molecule has 1 aromatic carbocycles. The molecule has 152 valence electrons.